The Morgan fingerprint density at radius 1 is 1.23 bits per heavy atom. The molecule has 0 bridgehead atoms. The summed E-state index contributed by atoms with van der Waals surface area (Å²) in [6.07, 6.45) is 8.65. The van der Waals surface area contributed by atoms with Gasteiger partial charge in [0.2, 0.25) is 0 Å². The van der Waals surface area contributed by atoms with E-state index in [4.69, 9.17) is 14.2 Å². The summed E-state index contributed by atoms with van der Waals surface area (Å²) in [4.78, 5) is 25.3. The average Bonchev–Trinajstić information content (AvgIpc) is 2.98. The maximum absolute atomic E-state index is 13.3. The van der Waals surface area contributed by atoms with Gasteiger partial charge in [-0.15, -0.1) is 0 Å². The van der Waals surface area contributed by atoms with Crippen LogP contribution in [0.15, 0.2) is 23.8 Å². The van der Waals surface area contributed by atoms with Crippen molar-refractivity contribution in [1.82, 2.24) is 0 Å². The lowest BCUT2D eigenvalue weighted by Crippen LogP contribution is -2.67. The third-order valence-electron chi connectivity index (χ3n) is 9.30. The van der Waals surface area contributed by atoms with E-state index in [0.29, 0.717) is 19.4 Å². The Hall–Kier alpha value is -1.34. The molecule has 6 heteroatoms. The minimum absolute atomic E-state index is 0.0293. The molecule has 0 aromatic rings. The molecular weight excluding hydrogens is 396 g/mol. The molecule has 0 unspecified atom stereocenters. The van der Waals surface area contributed by atoms with Crippen LogP contribution in [0.4, 0.5) is 0 Å². The third kappa shape index (κ3) is 2.78. The van der Waals surface area contributed by atoms with Gasteiger partial charge in [-0.05, 0) is 63.0 Å². The summed E-state index contributed by atoms with van der Waals surface area (Å²) in [5.41, 5.74) is -0.660. The molecule has 1 N–H and O–H groups in total. The Labute approximate surface area is 184 Å². The van der Waals surface area contributed by atoms with Crippen molar-refractivity contribution in [2.45, 2.75) is 77.5 Å². The van der Waals surface area contributed by atoms with Gasteiger partial charge in [-0.3, -0.25) is 9.59 Å². The SMILES string of the molecule is CCO[C@]1(C)OCC(=O)[C@]2(CC[C@@H]3[C@@H]4CCC5=CC(=O)C=C[C@]5(C)[C@@H]4[C@@H](O)C[C@]32C)O1. The van der Waals surface area contributed by atoms with Crippen molar-refractivity contribution in [1.29, 1.82) is 0 Å². The number of aliphatic hydroxyl groups excluding tert-OH is 1. The number of fused-ring (bicyclic) bond motifs is 6. The topological polar surface area (TPSA) is 82.1 Å². The van der Waals surface area contributed by atoms with Crippen molar-refractivity contribution in [2.24, 2.45) is 28.6 Å². The molecule has 5 aliphatic rings. The molecule has 8 atom stereocenters. The molecule has 1 aliphatic heterocycles. The van der Waals surface area contributed by atoms with E-state index in [-0.39, 0.29) is 41.3 Å². The predicted octanol–water partition coefficient (Wildman–Crippen LogP) is 3.33. The number of Topliss-reactive ketones (excluding diaryl/α,β-unsaturated/α-hetero) is 1. The van der Waals surface area contributed by atoms with Crippen molar-refractivity contribution >= 4 is 11.6 Å². The highest BCUT2D eigenvalue weighted by Crippen LogP contribution is 2.68. The van der Waals surface area contributed by atoms with Crippen molar-refractivity contribution in [2.75, 3.05) is 13.2 Å². The summed E-state index contributed by atoms with van der Waals surface area (Å²) in [6, 6.07) is 0. The molecule has 31 heavy (non-hydrogen) atoms. The van der Waals surface area contributed by atoms with Gasteiger partial charge in [-0.2, -0.15) is 0 Å². The number of ether oxygens (including phenoxy) is 3. The Bertz CT molecular complexity index is 877. The number of carbonyl (C=O) groups excluding carboxylic acids is 2. The lowest BCUT2D eigenvalue weighted by atomic mass is 9.46. The second-order valence-corrected chi connectivity index (χ2v) is 10.7. The van der Waals surface area contributed by atoms with Crippen LogP contribution in [0.2, 0.25) is 0 Å². The number of rotatable bonds is 2. The van der Waals surface area contributed by atoms with Gasteiger partial charge in [0.05, 0.1) is 6.10 Å². The molecule has 0 aromatic carbocycles. The first-order valence-corrected chi connectivity index (χ1v) is 11.7. The van der Waals surface area contributed by atoms with Gasteiger partial charge in [0.15, 0.2) is 11.6 Å². The third-order valence-corrected chi connectivity index (χ3v) is 9.30. The van der Waals surface area contributed by atoms with E-state index in [1.165, 1.54) is 0 Å². The predicted molar refractivity (Wildman–Crippen MR) is 113 cm³/mol. The normalized spacial score (nSPS) is 51.3. The first-order chi connectivity index (χ1) is 14.6. The van der Waals surface area contributed by atoms with E-state index in [9.17, 15) is 14.7 Å². The van der Waals surface area contributed by atoms with Crippen molar-refractivity contribution in [3.8, 4) is 0 Å². The van der Waals surface area contributed by atoms with Gasteiger partial charge in [0, 0.05) is 30.3 Å². The molecule has 3 saturated carbocycles. The summed E-state index contributed by atoms with van der Waals surface area (Å²) in [5.74, 6) is -0.672. The van der Waals surface area contributed by atoms with Crippen LogP contribution in [0.25, 0.3) is 0 Å². The largest absolute Gasteiger partial charge is 0.393 e. The Kier molecular flexibility index (Phi) is 4.74. The van der Waals surface area contributed by atoms with Crippen molar-refractivity contribution in [3.63, 3.8) is 0 Å². The molecule has 1 spiro atoms. The van der Waals surface area contributed by atoms with Crippen LogP contribution in [-0.2, 0) is 23.8 Å². The maximum Gasteiger partial charge on any atom is 0.281 e. The number of carbonyl (C=O) groups is 2. The highest BCUT2D eigenvalue weighted by molar-refractivity contribution is 6.01. The van der Waals surface area contributed by atoms with E-state index in [1.807, 2.05) is 13.0 Å². The molecule has 0 aromatic heterocycles. The fourth-order valence-electron chi connectivity index (χ4n) is 7.99. The van der Waals surface area contributed by atoms with Gasteiger partial charge >= 0.3 is 0 Å². The Morgan fingerprint density at radius 2 is 2.00 bits per heavy atom. The number of hydrogen-bond donors (Lipinski definition) is 1. The van der Waals surface area contributed by atoms with Gasteiger partial charge in [-0.1, -0.05) is 25.5 Å². The molecule has 0 radical (unpaired) electrons. The molecule has 170 valence electrons. The fraction of sp³-hybridized carbons (Fsp3) is 0.760. The smallest absolute Gasteiger partial charge is 0.281 e. The summed E-state index contributed by atoms with van der Waals surface area (Å²) < 4.78 is 17.9. The average molecular weight is 431 g/mol. The Balaban J connectivity index is 1.53. The molecule has 4 fully saturated rings. The van der Waals surface area contributed by atoms with Crippen LogP contribution in [0.1, 0.15) is 59.8 Å². The molecule has 1 heterocycles. The van der Waals surface area contributed by atoms with Crippen LogP contribution >= 0.6 is 0 Å². The van der Waals surface area contributed by atoms with E-state index in [1.54, 1.807) is 19.1 Å². The van der Waals surface area contributed by atoms with Crippen LogP contribution in [-0.4, -0.2) is 47.6 Å². The van der Waals surface area contributed by atoms with Gasteiger partial charge in [-0.25, -0.2) is 0 Å². The van der Waals surface area contributed by atoms with Gasteiger partial charge in [0.25, 0.3) is 5.97 Å². The highest BCUT2D eigenvalue weighted by Gasteiger charge is 2.71. The standard InChI is InChI=1S/C25H34O6/c1-5-29-24(4)30-14-20(28)25(31-24)11-9-18-17-7-6-15-12-16(26)8-10-22(15,2)21(17)19(27)13-23(18,25)3/h8,10,12,17-19,21,27H,5-7,9,11,13-14H2,1-4H3/t17-,18+,19-,21-,22-,23+,24+,25-/m0/s1. The summed E-state index contributed by atoms with van der Waals surface area (Å²) >= 11 is 0. The molecular formula is C25H34O6. The highest BCUT2D eigenvalue weighted by atomic mass is 16.9. The zero-order chi connectivity index (χ0) is 22.2. The summed E-state index contributed by atoms with van der Waals surface area (Å²) in [5, 5.41) is 11.5. The van der Waals surface area contributed by atoms with E-state index < -0.39 is 23.1 Å². The fourth-order valence-corrected chi connectivity index (χ4v) is 7.99. The van der Waals surface area contributed by atoms with Crippen LogP contribution < -0.4 is 0 Å². The zero-order valence-electron chi connectivity index (χ0n) is 19.0. The second-order valence-electron chi connectivity index (χ2n) is 10.7. The summed E-state index contributed by atoms with van der Waals surface area (Å²) in [6.45, 7) is 8.31. The van der Waals surface area contributed by atoms with E-state index in [0.717, 1.165) is 24.8 Å². The first kappa shape index (κ1) is 21.5. The van der Waals surface area contributed by atoms with Gasteiger partial charge in [0.1, 0.15) is 12.2 Å². The van der Waals surface area contributed by atoms with Gasteiger partial charge < -0.3 is 19.3 Å². The van der Waals surface area contributed by atoms with Crippen molar-refractivity contribution in [3.05, 3.63) is 23.8 Å². The van der Waals surface area contributed by atoms with Crippen molar-refractivity contribution < 1.29 is 28.9 Å². The monoisotopic (exact) mass is 430 g/mol. The lowest BCUT2D eigenvalue weighted by Gasteiger charge is -2.61. The minimum atomic E-state index is -1.25. The molecule has 0 amide bonds. The number of allylic oxidation sites excluding steroid dienone is 4. The molecule has 5 rings (SSSR count). The molecule has 4 aliphatic carbocycles. The first-order valence-electron chi connectivity index (χ1n) is 11.7. The van der Waals surface area contributed by atoms with Crippen LogP contribution in [0.5, 0.6) is 0 Å². The number of aliphatic hydroxyl groups is 1. The Morgan fingerprint density at radius 3 is 2.74 bits per heavy atom. The second kappa shape index (κ2) is 6.83. The molecule has 1 saturated heterocycles. The zero-order valence-corrected chi connectivity index (χ0v) is 19.0. The lowest BCUT2D eigenvalue weighted by molar-refractivity contribution is -0.420. The maximum atomic E-state index is 13.3. The van der Waals surface area contributed by atoms with Crippen LogP contribution in [0.3, 0.4) is 0 Å². The number of ketones is 2. The summed E-state index contributed by atoms with van der Waals surface area (Å²) in [7, 11) is 0. The minimum Gasteiger partial charge on any atom is -0.393 e. The van der Waals surface area contributed by atoms with E-state index in [2.05, 4.69) is 13.8 Å². The molecule has 6 nitrogen and oxygen atoms in total. The number of hydrogen-bond acceptors (Lipinski definition) is 6. The van der Waals surface area contributed by atoms with Crippen LogP contribution in [0, 0.1) is 28.6 Å². The van der Waals surface area contributed by atoms with E-state index >= 15 is 0 Å². The quantitative estimate of drug-likeness (QED) is 0.724.